The van der Waals surface area contributed by atoms with E-state index in [-0.39, 0.29) is 17.7 Å². The number of rotatable bonds is 3. The predicted molar refractivity (Wildman–Crippen MR) is 104 cm³/mol. The van der Waals surface area contributed by atoms with E-state index >= 15 is 0 Å². The lowest BCUT2D eigenvalue weighted by Gasteiger charge is -2.36. The molecule has 0 aliphatic carbocycles. The second kappa shape index (κ2) is 6.99. The van der Waals surface area contributed by atoms with Gasteiger partial charge in [-0.25, -0.2) is 0 Å². The first-order chi connectivity index (χ1) is 13.5. The summed E-state index contributed by atoms with van der Waals surface area (Å²) in [5.74, 6) is -0.00876. The summed E-state index contributed by atoms with van der Waals surface area (Å²) in [5.41, 5.74) is 2.10. The molecule has 0 saturated carbocycles. The van der Waals surface area contributed by atoms with Gasteiger partial charge in [0.2, 0.25) is 0 Å². The van der Waals surface area contributed by atoms with E-state index in [0.717, 1.165) is 16.3 Å². The van der Waals surface area contributed by atoms with Gasteiger partial charge in [-0.05, 0) is 30.3 Å². The van der Waals surface area contributed by atoms with Gasteiger partial charge in [-0.3, -0.25) is 19.3 Å². The summed E-state index contributed by atoms with van der Waals surface area (Å²) in [6.07, 6.45) is 0. The molecular weight excluding hydrogens is 358 g/mol. The first kappa shape index (κ1) is 18.0. The number of fused-ring (bicyclic) bond motifs is 1. The lowest BCUT2D eigenvalue weighted by atomic mass is 10.0. The molecule has 3 amide bonds. The van der Waals surface area contributed by atoms with E-state index in [1.54, 1.807) is 24.1 Å². The molecule has 7 nitrogen and oxygen atoms in total. The summed E-state index contributed by atoms with van der Waals surface area (Å²) in [7, 11) is 3.10. The standard InChI is InChI=1S/C21H21N3O4/c1-22-20(26)15-8-7-14(13-16(15)21(22)27)19(25)24-11-9-23(10-12-24)17-5-3-4-6-18(17)28-2/h3-8,13H,9-12H2,1-2H3. The van der Waals surface area contributed by atoms with E-state index in [1.165, 1.54) is 13.1 Å². The number of anilines is 1. The Balaban J connectivity index is 1.48. The summed E-state index contributed by atoms with van der Waals surface area (Å²) < 4.78 is 5.43. The zero-order chi connectivity index (χ0) is 19.8. The molecular formula is C21H21N3O4. The molecule has 4 rings (SSSR count). The van der Waals surface area contributed by atoms with Crippen LogP contribution in [0, 0.1) is 0 Å². The molecule has 28 heavy (non-hydrogen) atoms. The van der Waals surface area contributed by atoms with E-state index < -0.39 is 0 Å². The highest BCUT2D eigenvalue weighted by Gasteiger charge is 2.34. The maximum Gasteiger partial charge on any atom is 0.261 e. The van der Waals surface area contributed by atoms with Crippen molar-refractivity contribution < 1.29 is 19.1 Å². The van der Waals surface area contributed by atoms with Crippen molar-refractivity contribution >= 4 is 23.4 Å². The number of hydrogen-bond acceptors (Lipinski definition) is 5. The summed E-state index contributed by atoms with van der Waals surface area (Å²) in [6, 6.07) is 12.6. The van der Waals surface area contributed by atoms with Crippen LogP contribution < -0.4 is 9.64 Å². The highest BCUT2D eigenvalue weighted by Crippen LogP contribution is 2.29. The van der Waals surface area contributed by atoms with E-state index in [0.29, 0.717) is 42.9 Å². The van der Waals surface area contributed by atoms with Crippen molar-refractivity contribution in [3.8, 4) is 5.75 Å². The van der Waals surface area contributed by atoms with Gasteiger partial charge >= 0.3 is 0 Å². The van der Waals surface area contributed by atoms with Gasteiger partial charge in [-0.15, -0.1) is 0 Å². The summed E-state index contributed by atoms with van der Waals surface area (Å²) in [5, 5.41) is 0. The molecule has 1 saturated heterocycles. The minimum absolute atomic E-state index is 0.128. The normalized spacial score (nSPS) is 16.4. The number of para-hydroxylation sites is 2. The molecule has 0 radical (unpaired) electrons. The maximum absolute atomic E-state index is 12.9. The molecule has 0 unspecified atom stereocenters. The molecule has 0 bridgehead atoms. The molecule has 2 aromatic rings. The number of hydrogen-bond donors (Lipinski definition) is 0. The van der Waals surface area contributed by atoms with Gasteiger partial charge in [0.15, 0.2) is 0 Å². The lowest BCUT2D eigenvalue weighted by Crippen LogP contribution is -2.48. The van der Waals surface area contributed by atoms with Crippen LogP contribution in [0.3, 0.4) is 0 Å². The maximum atomic E-state index is 12.9. The number of piperazine rings is 1. The smallest absolute Gasteiger partial charge is 0.261 e. The Morgan fingerprint density at radius 3 is 2.32 bits per heavy atom. The van der Waals surface area contributed by atoms with E-state index in [9.17, 15) is 14.4 Å². The fourth-order valence-electron chi connectivity index (χ4n) is 3.72. The molecule has 0 atom stereocenters. The van der Waals surface area contributed by atoms with Crippen LogP contribution in [0.5, 0.6) is 5.75 Å². The number of carbonyl (C=O) groups excluding carboxylic acids is 3. The van der Waals surface area contributed by atoms with Crippen molar-refractivity contribution in [2.75, 3.05) is 45.2 Å². The second-order valence-electron chi connectivity index (χ2n) is 6.88. The molecule has 2 aliphatic heterocycles. The highest BCUT2D eigenvalue weighted by molar-refractivity contribution is 6.21. The molecule has 0 spiro atoms. The minimum Gasteiger partial charge on any atom is -0.495 e. The Kier molecular flexibility index (Phi) is 4.50. The van der Waals surface area contributed by atoms with Crippen LogP contribution in [0.15, 0.2) is 42.5 Å². The van der Waals surface area contributed by atoms with Gasteiger partial charge in [0.05, 0.1) is 23.9 Å². The second-order valence-corrected chi connectivity index (χ2v) is 6.88. The summed E-state index contributed by atoms with van der Waals surface area (Å²) in [4.78, 5) is 42.1. The van der Waals surface area contributed by atoms with Gasteiger partial charge in [-0.2, -0.15) is 0 Å². The molecule has 0 N–H and O–H groups in total. The Morgan fingerprint density at radius 1 is 0.929 bits per heavy atom. The SMILES string of the molecule is COc1ccccc1N1CCN(C(=O)c2ccc3c(c2)C(=O)N(C)C3=O)CC1. The van der Waals surface area contributed by atoms with Crippen LogP contribution in [0.2, 0.25) is 0 Å². The van der Waals surface area contributed by atoms with Gasteiger partial charge in [-0.1, -0.05) is 12.1 Å². The van der Waals surface area contributed by atoms with Crippen LogP contribution >= 0.6 is 0 Å². The van der Waals surface area contributed by atoms with Crippen molar-refractivity contribution in [2.45, 2.75) is 0 Å². The fraction of sp³-hybridized carbons (Fsp3) is 0.286. The van der Waals surface area contributed by atoms with E-state index in [4.69, 9.17) is 4.74 Å². The van der Waals surface area contributed by atoms with Gasteiger partial charge in [0.25, 0.3) is 17.7 Å². The quantitative estimate of drug-likeness (QED) is 0.762. The zero-order valence-electron chi connectivity index (χ0n) is 15.8. The monoisotopic (exact) mass is 379 g/mol. The van der Waals surface area contributed by atoms with Gasteiger partial charge < -0.3 is 14.5 Å². The minimum atomic E-state index is -0.365. The molecule has 2 aliphatic rings. The summed E-state index contributed by atoms with van der Waals surface area (Å²) in [6.45, 7) is 2.52. The fourth-order valence-corrected chi connectivity index (χ4v) is 3.72. The van der Waals surface area contributed by atoms with Gasteiger partial charge in [0, 0.05) is 38.8 Å². The van der Waals surface area contributed by atoms with Crippen LogP contribution in [-0.2, 0) is 0 Å². The van der Waals surface area contributed by atoms with Crippen molar-refractivity contribution in [1.82, 2.24) is 9.80 Å². The number of carbonyl (C=O) groups is 3. The van der Waals surface area contributed by atoms with E-state index in [1.807, 2.05) is 24.3 Å². The Morgan fingerprint density at radius 2 is 1.61 bits per heavy atom. The molecule has 2 aromatic carbocycles. The Hall–Kier alpha value is -3.35. The third-order valence-electron chi connectivity index (χ3n) is 5.33. The highest BCUT2D eigenvalue weighted by atomic mass is 16.5. The lowest BCUT2D eigenvalue weighted by molar-refractivity contribution is 0.0692. The number of nitrogens with zero attached hydrogens (tertiary/aromatic N) is 3. The van der Waals surface area contributed by atoms with Crippen molar-refractivity contribution in [3.63, 3.8) is 0 Å². The Bertz CT molecular complexity index is 964. The van der Waals surface area contributed by atoms with Crippen molar-refractivity contribution in [2.24, 2.45) is 0 Å². The van der Waals surface area contributed by atoms with Crippen molar-refractivity contribution in [3.05, 3.63) is 59.2 Å². The molecule has 144 valence electrons. The van der Waals surface area contributed by atoms with Gasteiger partial charge in [0.1, 0.15) is 5.75 Å². The molecule has 7 heteroatoms. The predicted octanol–water partition coefficient (Wildman–Crippen LogP) is 1.88. The van der Waals surface area contributed by atoms with Crippen LogP contribution in [0.1, 0.15) is 31.1 Å². The van der Waals surface area contributed by atoms with Crippen molar-refractivity contribution in [1.29, 1.82) is 0 Å². The zero-order valence-corrected chi connectivity index (χ0v) is 15.8. The molecule has 1 fully saturated rings. The largest absolute Gasteiger partial charge is 0.495 e. The topological polar surface area (TPSA) is 70.2 Å². The average molecular weight is 379 g/mol. The first-order valence-corrected chi connectivity index (χ1v) is 9.15. The number of benzene rings is 2. The summed E-state index contributed by atoms with van der Waals surface area (Å²) >= 11 is 0. The van der Waals surface area contributed by atoms with Crippen LogP contribution in [0.25, 0.3) is 0 Å². The number of ether oxygens (including phenoxy) is 1. The first-order valence-electron chi connectivity index (χ1n) is 9.15. The number of imide groups is 1. The third kappa shape index (κ3) is 2.89. The third-order valence-corrected chi connectivity index (χ3v) is 5.33. The Labute approximate surface area is 163 Å². The number of amides is 3. The average Bonchev–Trinajstić information content (AvgIpc) is 2.97. The van der Waals surface area contributed by atoms with Crippen LogP contribution in [0.4, 0.5) is 5.69 Å². The number of methoxy groups -OCH3 is 1. The van der Waals surface area contributed by atoms with Crippen LogP contribution in [-0.4, -0.2) is 67.9 Å². The molecule has 2 heterocycles. The molecule has 0 aromatic heterocycles. The van der Waals surface area contributed by atoms with E-state index in [2.05, 4.69) is 4.90 Å².